The fourth-order valence-electron chi connectivity index (χ4n) is 2.71. The molecule has 4 nitrogen and oxygen atoms in total. The predicted octanol–water partition coefficient (Wildman–Crippen LogP) is 2.24. The first-order valence-corrected chi connectivity index (χ1v) is 7.50. The van der Waals surface area contributed by atoms with Crippen LogP contribution in [0.15, 0.2) is 18.5 Å². The van der Waals surface area contributed by atoms with E-state index in [1.54, 1.807) is 12.4 Å². The van der Waals surface area contributed by atoms with Crippen LogP contribution in [0.1, 0.15) is 42.6 Å². The van der Waals surface area contributed by atoms with Gasteiger partial charge in [-0.25, -0.2) is 0 Å². The van der Waals surface area contributed by atoms with Crippen molar-refractivity contribution in [2.45, 2.75) is 39.7 Å². The summed E-state index contributed by atoms with van der Waals surface area (Å²) in [6.07, 6.45) is 5.82. The van der Waals surface area contributed by atoms with Crippen LogP contribution < -0.4 is 5.32 Å². The summed E-state index contributed by atoms with van der Waals surface area (Å²) in [5.41, 5.74) is 1.72. The molecule has 2 heterocycles. The number of pyridine rings is 1. The van der Waals surface area contributed by atoms with E-state index < -0.39 is 0 Å². The number of nitrogens with zero attached hydrogens (tertiary/aromatic N) is 2. The van der Waals surface area contributed by atoms with Gasteiger partial charge in [-0.2, -0.15) is 0 Å². The molecule has 0 aliphatic carbocycles. The van der Waals surface area contributed by atoms with Crippen molar-refractivity contribution in [2.75, 3.05) is 19.6 Å². The fraction of sp³-hybridized carbons (Fsp3) is 0.625. The number of rotatable bonds is 5. The third kappa shape index (κ3) is 4.04. The molecule has 0 spiro atoms. The quantitative estimate of drug-likeness (QED) is 0.896. The van der Waals surface area contributed by atoms with Crippen LogP contribution in [0, 0.1) is 12.8 Å². The Bertz CT molecular complexity index is 453. The molecule has 0 bridgehead atoms. The minimum atomic E-state index is 0.101. The number of aryl methyl sites for hydroxylation is 1. The van der Waals surface area contributed by atoms with Crippen molar-refractivity contribution in [1.82, 2.24) is 15.2 Å². The molecule has 1 aliphatic heterocycles. The van der Waals surface area contributed by atoms with E-state index in [2.05, 4.69) is 24.1 Å². The van der Waals surface area contributed by atoms with E-state index in [-0.39, 0.29) is 5.91 Å². The lowest BCUT2D eigenvalue weighted by molar-refractivity contribution is 0.0721. The molecule has 2 rings (SSSR count). The van der Waals surface area contributed by atoms with Gasteiger partial charge >= 0.3 is 0 Å². The van der Waals surface area contributed by atoms with Crippen LogP contribution in [0.25, 0.3) is 0 Å². The Balaban J connectivity index is 2.10. The first kappa shape index (κ1) is 15.0. The monoisotopic (exact) mass is 275 g/mol. The van der Waals surface area contributed by atoms with Crippen LogP contribution in [0.4, 0.5) is 0 Å². The van der Waals surface area contributed by atoms with Gasteiger partial charge in [-0.3, -0.25) is 9.78 Å². The lowest BCUT2D eigenvalue weighted by atomic mass is 10.1. The zero-order valence-electron chi connectivity index (χ0n) is 12.7. The van der Waals surface area contributed by atoms with Crippen LogP contribution in [0.2, 0.25) is 0 Å². The highest BCUT2D eigenvalue weighted by molar-refractivity contribution is 5.94. The molecule has 1 fully saturated rings. The Morgan fingerprint density at radius 3 is 2.90 bits per heavy atom. The molecular weight excluding hydrogens is 250 g/mol. The van der Waals surface area contributed by atoms with E-state index in [1.807, 2.05) is 17.9 Å². The molecule has 0 radical (unpaired) electrons. The number of carbonyl (C=O) groups is 1. The van der Waals surface area contributed by atoms with Gasteiger partial charge in [0.2, 0.25) is 0 Å². The molecule has 1 aromatic rings. The van der Waals surface area contributed by atoms with Gasteiger partial charge < -0.3 is 10.2 Å². The summed E-state index contributed by atoms with van der Waals surface area (Å²) in [6.45, 7) is 8.93. The van der Waals surface area contributed by atoms with Crippen LogP contribution in [0.5, 0.6) is 0 Å². The number of nitrogens with one attached hydrogen (secondary N) is 1. The van der Waals surface area contributed by atoms with Crippen molar-refractivity contribution in [3.8, 4) is 0 Å². The van der Waals surface area contributed by atoms with Gasteiger partial charge in [0.15, 0.2) is 0 Å². The molecule has 1 aromatic heterocycles. The molecule has 1 atom stereocenters. The summed E-state index contributed by atoms with van der Waals surface area (Å²) >= 11 is 0. The lowest BCUT2D eigenvalue weighted by Crippen LogP contribution is -2.42. The zero-order valence-corrected chi connectivity index (χ0v) is 12.7. The van der Waals surface area contributed by atoms with Crippen molar-refractivity contribution in [2.24, 2.45) is 5.92 Å². The van der Waals surface area contributed by atoms with Crippen LogP contribution in [0.3, 0.4) is 0 Å². The van der Waals surface area contributed by atoms with Gasteiger partial charge in [0, 0.05) is 31.5 Å². The predicted molar refractivity (Wildman–Crippen MR) is 80.7 cm³/mol. The van der Waals surface area contributed by atoms with Gasteiger partial charge in [0.1, 0.15) is 0 Å². The summed E-state index contributed by atoms with van der Waals surface area (Å²) in [7, 11) is 0. The third-order valence-electron chi connectivity index (χ3n) is 3.60. The standard InChI is InChI=1S/C16H25N3O/c1-12(2)10-19(11-15-5-4-6-18-15)16(20)14-7-13(3)8-17-9-14/h7-9,12,15,18H,4-6,10-11H2,1-3H3. The molecule has 0 saturated carbocycles. The Labute approximate surface area is 121 Å². The largest absolute Gasteiger partial charge is 0.337 e. The Morgan fingerprint density at radius 2 is 2.30 bits per heavy atom. The number of aromatic nitrogens is 1. The van der Waals surface area contributed by atoms with Gasteiger partial charge in [-0.1, -0.05) is 13.8 Å². The van der Waals surface area contributed by atoms with Crippen molar-refractivity contribution in [1.29, 1.82) is 0 Å². The van der Waals surface area contributed by atoms with Crippen molar-refractivity contribution >= 4 is 5.91 Å². The molecule has 1 N–H and O–H groups in total. The fourth-order valence-corrected chi connectivity index (χ4v) is 2.71. The average molecular weight is 275 g/mol. The van der Waals surface area contributed by atoms with Crippen LogP contribution >= 0.6 is 0 Å². The number of carbonyl (C=O) groups excluding carboxylic acids is 1. The molecule has 110 valence electrons. The lowest BCUT2D eigenvalue weighted by Gasteiger charge is -2.27. The first-order chi connectivity index (χ1) is 9.56. The second kappa shape index (κ2) is 6.84. The average Bonchev–Trinajstić information content (AvgIpc) is 2.89. The molecule has 1 unspecified atom stereocenters. The Kier molecular flexibility index (Phi) is 5.12. The highest BCUT2D eigenvalue weighted by Crippen LogP contribution is 2.13. The summed E-state index contributed by atoms with van der Waals surface area (Å²) < 4.78 is 0. The number of hydrogen-bond acceptors (Lipinski definition) is 3. The number of hydrogen-bond donors (Lipinski definition) is 1. The summed E-state index contributed by atoms with van der Waals surface area (Å²) in [5, 5.41) is 3.47. The van der Waals surface area contributed by atoms with Crippen LogP contribution in [-0.4, -0.2) is 41.5 Å². The number of amides is 1. The van der Waals surface area contributed by atoms with Gasteiger partial charge in [0.05, 0.1) is 5.56 Å². The van der Waals surface area contributed by atoms with Gasteiger partial charge in [0.25, 0.3) is 5.91 Å². The molecule has 20 heavy (non-hydrogen) atoms. The van der Waals surface area contributed by atoms with E-state index in [9.17, 15) is 4.79 Å². The van der Waals surface area contributed by atoms with Gasteiger partial charge in [-0.15, -0.1) is 0 Å². The molecule has 1 aliphatic rings. The maximum atomic E-state index is 12.7. The van der Waals surface area contributed by atoms with Gasteiger partial charge in [-0.05, 0) is 43.9 Å². The molecule has 1 saturated heterocycles. The van der Waals surface area contributed by atoms with E-state index in [4.69, 9.17) is 0 Å². The van der Waals surface area contributed by atoms with E-state index in [0.29, 0.717) is 17.5 Å². The minimum Gasteiger partial charge on any atom is -0.337 e. The van der Waals surface area contributed by atoms with Crippen molar-refractivity contribution < 1.29 is 4.79 Å². The molecule has 1 amide bonds. The normalized spacial score (nSPS) is 18.5. The highest BCUT2D eigenvalue weighted by atomic mass is 16.2. The second-order valence-corrected chi connectivity index (χ2v) is 6.15. The third-order valence-corrected chi connectivity index (χ3v) is 3.60. The van der Waals surface area contributed by atoms with E-state index >= 15 is 0 Å². The summed E-state index contributed by atoms with van der Waals surface area (Å²) in [5.74, 6) is 0.571. The minimum absolute atomic E-state index is 0.101. The Morgan fingerprint density at radius 1 is 1.50 bits per heavy atom. The van der Waals surface area contributed by atoms with E-state index in [1.165, 1.54) is 6.42 Å². The SMILES string of the molecule is Cc1cncc(C(=O)N(CC(C)C)CC2CCCN2)c1. The summed E-state index contributed by atoms with van der Waals surface area (Å²) in [4.78, 5) is 18.8. The first-order valence-electron chi connectivity index (χ1n) is 7.50. The van der Waals surface area contributed by atoms with Crippen LogP contribution in [-0.2, 0) is 0 Å². The molecular formula is C16H25N3O. The van der Waals surface area contributed by atoms with Crippen molar-refractivity contribution in [3.63, 3.8) is 0 Å². The Hall–Kier alpha value is -1.42. The smallest absolute Gasteiger partial charge is 0.255 e. The topological polar surface area (TPSA) is 45.2 Å². The molecule has 4 heteroatoms. The molecule has 0 aromatic carbocycles. The maximum absolute atomic E-state index is 12.7. The zero-order chi connectivity index (χ0) is 14.5. The van der Waals surface area contributed by atoms with Crippen molar-refractivity contribution in [3.05, 3.63) is 29.6 Å². The maximum Gasteiger partial charge on any atom is 0.255 e. The highest BCUT2D eigenvalue weighted by Gasteiger charge is 2.23. The second-order valence-electron chi connectivity index (χ2n) is 6.15. The summed E-state index contributed by atoms with van der Waals surface area (Å²) in [6, 6.07) is 2.36. The van der Waals surface area contributed by atoms with E-state index in [0.717, 1.165) is 31.6 Å².